The number of nitrogens with two attached hydrogens (primary N) is 1. The second kappa shape index (κ2) is 7.24. The maximum Gasteiger partial charge on any atom is 0.255 e. The summed E-state index contributed by atoms with van der Waals surface area (Å²) in [6, 6.07) is 2.13. The zero-order chi connectivity index (χ0) is 15.2. The normalized spacial score (nSPS) is 21.3. The molecule has 0 aromatic carbocycles. The van der Waals surface area contributed by atoms with Gasteiger partial charge in [0.05, 0.1) is 12.1 Å². The first-order chi connectivity index (χ1) is 10.1. The number of nitrogens with zero attached hydrogens (tertiary/aromatic N) is 2. The molecule has 0 saturated heterocycles. The van der Waals surface area contributed by atoms with Crippen molar-refractivity contribution < 1.29 is 4.79 Å². The Morgan fingerprint density at radius 2 is 2.10 bits per heavy atom. The molecule has 1 fully saturated rings. The van der Waals surface area contributed by atoms with Crippen molar-refractivity contribution in [3.8, 4) is 11.8 Å². The molecule has 1 amide bonds. The van der Waals surface area contributed by atoms with E-state index in [1.807, 2.05) is 11.9 Å². The third-order valence-electron chi connectivity index (χ3n) is 4.17. The van der Waals surface area contributed by atoms with Crippen LogP contribution in [0.2, 0.25) is 0 Å². The quantitative estimate of drug-likeness (QED) is 0.846. The van der Waals surface area contributed by atoms with E-state index in [1.165, 1.54) is 12.8 Å². The molecule has 112 valence electrons. The highest BCUT2D eigenvalue weighted by Crippen LogP contribution is 2.27. The van der Waals surface area contributed by atoms with Gasteiger partial charge in [-0.15, -0.1) is 0 Å². The van der Waals surface area contributed by atoms with E-state index < -0.39 is 0 Å². The summed E-state index contributed by atoms with van der Waals surface area (Å²) in [6.07, 6.45) is 7.83. The summed E-state index contributed by atoms with van der Waals surface area (Å²) in [5, 5.41) is 0. The Bertz CT molecular complexity index is 551. The summed E-state index contributed by atoms with van der Waals surface area (Å²) in [7, 11) is 1.89. The van der Waals surface area contributed by atoms with E-state index in [4.69, 9.17) is 5.73 Å². The third kappa shape index (κ3) is 4.05. The zero-order valence-electron chi connectivity index (χ0n) is 12.8. The molecule has 0 unspecified atom stereocenters. The maximum atomic E-state index is 12.6. The lowest BCUT2D eigenvalue weighted by Gasteiger charge is -2.33. The number of aromatic nitrogens is 1. The van der Waals surface area contributed by atoms with Crippen LogP contribution in [-0.4, -0.2) is 35.4 Å². The second-order valence-electron chi connectivity index (χ2n) is 5.80. The van der Waals surface area contributed by atoms with Crippen molar-refractivity contribution in [2.24, 2.45) is 11.7 Å². The van der Waals surface area contributed by atoms with Gasteiger partial charge in [0.1, 0.15) is 0 Å². The predicted molar refractivity (Wildman–Crippen MR) is 83.7 cm³/mol. The Kier molecular flexibility index (Phi) is 5.35. The Labute approximate surface area is 126 Å². The standard InChI is InChI=1S/C17H23N3O/c1-13-5-7-16(8-6-13)20(2)17(21)15-10-14(4-3-9-18)11-19-12-15/h10-13,16H,5-9,18H2,1-2H3. The van der Waals surface area contributed by atoms with Crippen LogP contribution in [0.15, 0.2) is 18.5 Å². The SMILES string of the molecule is CC1CCC(N(C)C(=O)c2cncc(C#CCN)c2)CC1. The van der Waals surface area contributed by atoms with E-state index in [1.54, 1.807) is 18.5 Å². The second-order valence-corrected chi connectivity index (χ2v) is 5.80. The highest BCUT2D eigenvalue weighted by molar-refractivity contribution is 5.94. The number of rotatable bonds is 2. The summed E-state index contributed by atoms with van der Waals surface area (Å²) in [6.45, 7) is 2.58. The summed E-state index contributed by atoms with van der Waals surface area (Å²) in [5.74, 6) is 6.50. The minimum atomic E-state index is 0.0263. The topological polar surface area (TPSA) is 59.2 Å². The lowest BCUT2D eigenvalue weighted by atomic mass is 9.86. The van der Waals surface area contributed by atoms with Gasteiger partial charge in [0.15, 0.2) is 0 Å². The van der Waals surface area contributed by atoms with Gasteiger partial charge in [-0.1, -0.05) is 18.8 Å². The van der Waals surface area contributed by atoms with Crippen molar-refractivity contribution in [3.63, 3.8) is 0 Å². The van der Waals surface area contributed by atoms with E-state index in [0.29, 0.717) is 18.2 Å². The molecule has 0 bridgehead atoms. The van der Waals surface area contributed by atoms with E-state index in [9.17, 15) is 4.79 Å². The van der Waals surface area contributed by atoms with Crippen LogP contribution in [0.25, 0.3) is 0 Å². The Morgan fingerprint density at radius 1 is 1.38 bits per heavy atom. The molecule has 21 heavy (non-hydrogen) atoms. The van der Waals surface area contributed by atoms with Crippen molar-refractivity contribution >= 4 is 5.91 Å². The molecular weight excluding hydrogens is 262 g/mol. The van der Waals surface area contributed by atoms with Gasteiger partial charge in [0, 0.05) is 31.0 Å². The third-order valence-corrected chi connectivity index (χ3v) is 4.17. The Hall–Kier alpha value is -1.86. The highest BCUT2D eigenvalue weighted by atomic mass is 16.2. The number of amides is 1. The van der Waals surface area contributed by atoms with Crippen LogP contribution >= 0.6 is 0 Å². The van der Waals surface area contributed by atoms with Crippen molar-refractivity contribution in [2.45, 2.75) is 38.6 Å². The number of pyridine rings is 1. The molecule has 0 atom stereocenters. The fourth-order valence-electron chi connectivity index (χ4n) is 2.78. The van der Waals surface area contributed by atoms with Crippen LogP contribution < -0.4 is 5.73 Å². The molecule has 1 aliphatic carbocycles. The first-order valence-corrected chi connectivity index (χ1v) is 7.53. The largest absolute Gasteiger partial charge is 0.339 e. The molecule has 1 saturated carbocycles. The lowest BCUT2D eigenvalue weighted by Crippen LogP contribution is -2.39. The number of hydrogen-bond acceptors (Lipinski definition) is 3. The first-order valence-electron chi connectivity index (χ1n) is 7.53. The fraction of sp³-hybridized carbons (Fsp3) is 0.529. The molecule has 0 spiro atoms. The monoisotopic (exact) mass is 285 g/mol. The predicted octanol–water partition coefficient (Wildman–Crippen LogP) is 2.04. The highest BCUT2D eigenvalue weighted by Gasteiger charge is 2.25. The molecule has 4 nitrogen and oxygen atoms in total. The van der Waals surface area contributed by atoms with Gasteiger partial charge in [-0.25, -0.2) is 0 Å². The molecule has 4 heteroatoms. The fourth-order valence-corrected chi connectivity index (χ4v) is 2.78. The van der Waals surface area contributed by atoms with Crippen molar-refractivity contribution in [3.05, 3.63) is 29.6 Å². The van der Waals surface area contributed by atoms with Crippen molar-refractivity contribution in [2.75, 3.05) is 13.6 Å². The molecule has 2 N–H and O–H groups in total. The summed E-state index contributed by atoms with van der Waals surface area (Å²) in [5.41, 5.74) is 6.69. The minimum absolute atomic E-state index is 0.0263. The Balaban J connectivity index is 2.08. The number of carbonyl (C=O) groups is 1. The average molecular weight is 285 g/mol. The van der Waals surface area contributed by atoms with E-state index >= 15 is 0 Å². The van der Waals surface area contributed by atoms with Crippen LogP contribution in [0, 0.1) is 17.8 Å². The summed E-state index contributed by atoms with van der Waals surface area (Å²) >= 11 is 0. The molecule has 1 aliphatic rings. The van der Waals surface area contributed by atoms with Gasteiger partial charge in [-0.05, 0) is 37.7 Å². The van der Waals surface area contributed by atoms with Gasteiger partial charge in [0.25, 0.3) is 5.91 Å². The van der Waals surface area contributed by atoms with Crippen LogP contribution in [0.1, 0.15) is 48.5 Å². The minimum Gasteiger partial charge on any atom is -0.339 e. The van der Waals surface area contributed by atoms with Crippen LogP contribution in [0.3, 0.4) is 0 Å². The van der Waals surface area contributed by atoms with E-state index in [2.05, 4.69) is 23.7 Å². The van der Waals surface area contributed by atoms with Gasteiger partial charge >= 0.3 is 0 Å². The molecule has 2 rings (SSSR count). The molecule has 0 radical (unpaired) electrons. The van der Waals surface area contributed by atoms with Crippen LogP contribution in [0.5, 0.6) is 0 Å². The first kappa shape index (κ1) is 15.5. The molecule has 1 aromatic rings. The van der Waals surface area contributed by atoms with Gasteiger partial charge in [-0.2, -0.15) is 0 Å². The molecule has 0 aliphatic heterocycles. The van der Waals surface area contributed by atoms with Crippen molar-refractivity contribution in [1.82, 2.24) is 9.88 Å². The van der Waals surface area contributed by atoms with Crippen molar-refractivity contribution in [1.29, 1.82) is 0 Å². The van der Waals surface area contributed by atoms with Crippen LogP contribution in [0.4, 0.5) is 0 Å². The lowest BCUT2D eigenvalue weighted by molar-refractivity contribution is 0.0679. The van der Waals surface area contributed by atoms with E-state index in [0.717, 1.165) is 24.3 Å². The maximum absolute atomic E-state index is 12.6. The molecular formula is C17H23N3O. The van der Waals surface area contributed by atoms with Gasteiger partial charge < -0.3 is 10.6 Å². The molecule has 1 heterocycles. The molecule has 1 aromatic heterocycles. The van der Waals surface area contributed by atoms with E-state index in [-0.39, 0.29) is 5.91 Å². The smallest absolute Gasteiger partial charge is 0.255 e. The van der Waals surface area contributed by atoms with Crippen LogP contribution in [-0.2, 0) is 0 Å². The number of carbonyl (C=O) groups excluding carboxylic acids is 1. The number of hydrogen-bond donors (Lipinski definition) is 1. The zero-order valence-corrected chi connectivity index (χ0v) is 12.8. The van der Waals surface area contributed by atoms with Gasteiger partial charge in [-0.3, -0.25) is 9.78 Å². The van der Waals surface area contributed by atoms with Gasteiger partial charge in [0.2, 0.25) is 0 Å². The summed E-state index contributed by atoms with van der Waals surface area (Å²) in [4.78, 5) is 18.5. The Morgan fingerprint density at radius 3 is 2.76 bits per heavy atom. The summed E-state index contributed by atoms with van der Waals surface area (Å²) < 4.78 is 0. The average Bonchev–Trinajstić information content (AvgIpc) is 2.52.